The highest BCUT2D eigenvalue weighted by Gasteiger charge is 2.24. The Bertz CT molecular complexity index is 972. The van der Waals surface area contributed by atoms with Gasteiger partial charge < -0.3 is 9.47 Å². The van der Waals surface area contributed by atoms with Crippen molar-refractivity contribution < 1.29 is 27.6 Å². The molecule has 0 unspecified atom stereocenters. The van der Waals surface area contributed by atoms with Crippen LogP contribution in [0.2, 0.25) is 0 Å². The lowest BCUT2D eigenvalue weighted by atomic mass is 10.1. The van der Waals surface area contributed by atoms with E-state index in [1.54, 1.807) is 6.92 Å². The van der Waals surface area contributed by atoms with Gasteiger partial charge in [0.05, 0.1) is 16.4 Å². The van der Waals surface area contributed by atoms with Gasteiger partial charge in [-0.25, -0.2) is 13.1 Å². The van der Waals surface area contributed by atoms with Crippen LogP contribution in [0.1, 0.15) is 24.2 Å². The molecule has 150 valence electrons. The van der Waals surface area contributed by atoms with Crippen molar-refractivity contribution in [1.29, 1.82) is 0 Å². The lowest BCUT2D eigenvalue weighted by Crippen LogP contribution is -2.35. The summed E-state index contributed by atoms with van der Waals surface area (Å²) in [5.74, 6) is 0.0299. The summed E-state index contributed by atoms with van der Waals surface area (Å²) >= 11 is 0. The average molecular weight is 408 g/mol. The normalized spacial score (nSPS) is 12.4. The van der Waals surface area contributed by atoms with Crippen LogP contribution in [0.15, 0.2) is 47.4 Å². The van der Waals surface area contributed by atoms with E-state index in [1.807, 2.05) is 0 Å². The summed E-state index contributed by atoms with van der Waals surface area (Å²) in [5, 5.41) is 11.4. The minimum Gasteiger partial charge on any atom is -0.450 e. The smallest absolute Gasteiger partial charge is 0.312 e. The van der Waals surface area contributed by atoms with Crippen LogP contribution in [0.3, 0.4) is 0 Å². The van der Waals surface area contributed by atoms with Gasteiger partial charge in [-0.1, -0.05) is 0 Å². The molecule has 2 aromatic rings. The first-order chi connectivity index (χ1) is 13.1. The van der Waals surface area contributed by atoms with Crippen LogP contribution in [0.25, 0.3) is 0 Å². The van der Waals surface area contributed by atoms with Crippen molar-refractivity contribution in [3.8, 4) is 11.5 Å². The second kappa shape index (κ2) is 8.91. The molecule has 0 saturated carbocycles. The maximum Gasteiger partial charge on any atom is 0.312 e. The SMILES string of the molecule is COC[C@@H](C)NS(=O)(=O)c1ccc(Oc2ccc(C(C)=O)cc2)c([N+](=O)[O-])c1. The Labute approximate surface area is 162 Å². The quantitative estimate of drug-likeness (QED) is 0.384. The second-order valence-corrected chi connectivity index (χ2v) is 7.76. The molecule has 0 aliphatic heterocycles. The Hall–Kier alpha value is -2.82. The number of benzene rings is 2. The molecular weight excluding hydrogens is 388 g/mol. The number of hydrogen-bond acceptors (Lipinski definition) is 7. The van der Waals surface area contributed by atoms with E-state index in [0.29, 0.717) is 5.56 Å². The van der Waals surface area contributed by atoms with Gasteiger partial charge in [0.1, 0.15) is 5.75 Å². The molecular formula is C18H20N2O7S. The number of methoxy groups -OCH3 is 1. The maximum atomic E-state index is 12.4. The highest BCUT2D eigenvalue weighted by atomic mass is 32.2. The predicted molar refractivity (Wildman–Crippen MR) is 101 cm³/mol. The molecule has 0 spiro atoms. The first-order valence-electron chi connectivity index (χ1n) is 8.22. The highest BCUT2D eigenvalue weighted by Crippen LogP contribution is 2.33. The zero-order valence-corrected chi connectivity index (χ0v) is 16.4. The van der Waals surface area contributed by atoms with Crippen molar-refractivity contribution in [1.82, 2.24) is 4.72 Å². The molecule has 0 heterocycles. The molecule has 0 aliphatic carbocycles. The Kier molecular flexibility index (Phi) is 6.84. The number of nitrogens with zero attached hydrogens (tertiary/aromatic N) is 1. The standard InChI is InChI=1S/C18H20N2O7S/c1-12(11-26-3)19-28(24,25)16-8-9-18(17(10-16)20(22)23)27-15-6-4-14(5-7-15)13(2)21/h4-10,12,19H,11H2,1-3H3/t12-/m1/s1. The summed E-state index contributed by atoms with van der Waals surface area (Å²) in [6.45, 7) is 3.18. The fourth-order valence-electron chi connectivity index (χ4n) is 2.39. The van der Waals surface area contributed by atoms with E-state index < -0.39 is 26.7 Å². The summed E-state index contributed by atoms with van der Waals surface area (Å²) in [4.78, 5) is 21.7. The molecule has 0 aromatic heterocycles. The van der Waals surface area contributed by atoms with Gasteiger partial charge in [0, 0.05) is 24.8 Å². The lowest BCUT2D eigenvalue weighted by molar-refractivity contribution is -0.385. The van der Waals surface area contributed by atoms with Crippen molar-refractivity contribution in [3.63, 3.8) is 0 Å². The summed E-state index contributed by atoms with van der Waals surface area (Å²) in [6.07, 6.45) is 0. The summed E-state index contributed by atoms with van der Waals surface area (Å²) < 4.78 is 37.6. The third-order valence-corrected chi connectivity index (χ3v) is 5.29. The van der Waals surface area contributed by atoms with Crippen molar-refractivity contribution in [3.05, 3.63) is 58.1 Å². The summed E-state index contributed by atoms with van der Waals surface area (Å²) in [7, 11) is -2.53. The summed E-state index contributed by atoms with van der Waals surface area (Å²) in [5.41, 5.74) is -0.0301. The number of nitro benzene ring substituents is 1. The topological polar surface area (TPSA) is 125 Å². The minimum atomic E-state index is -3.97. The number of rotatable bonds is 9. The Morgan fingerprint density at radius 1 is 1.21 bits per heavy atom. The van der Waals surface area contributed by atoms with Crippen LogP contribution in [-0.2, 0) is 14.8 Å². The van der Waals surface area contributed by atoms with Crippen LogP contribution in [-0.4, -0.2) is 38.9 Å². The zero-order valence-electron chi connectivity index (χ0n) is 15.5. The highest BCUT2D eigenvalue weighted by molar-refractivity contribution is 7.89. The molecule has 28 heavy (non-hydrogen) atoms. The average Bonchev–Trinajstić information content (AvgIpc) is 2.61. The number of carbonyl (C=O) groups excluding carboxylic acids is 1. The van der Waals surface area contributed by atoms with Crippen LogP contribution in [0.5, 0.6) is 11.5 Å². The number of hydrogen-bond donors (Lipinski definition) is 1. The van der Waals surface area contributed by atoms with Crippen LogP contribution in [0, 0.1) is 10.1 Å². The van der Waals surface area contributed by atoms with Gasteiger partial charge in [-0.2, -0.15) is 0 Å². The predicted octanol–water partition coefficient (Wildman–Crippen LogP) is 2.90. The van der Waals surface area contributed by atoms with Gasteiger partial charge in [0.2, 0.25) is 15.8 Å². The molecule has 0 bridgehead atoms. The molecule has 2 aromatic carbocycles. The van der Waals surface area contributed by atoms with E-state index in [0.717, 1.165) is 6.07 Å². The molecule has 0 aliphatic rings. The number of nitrogens with one attached hydrogen (secondary N) is 1. The molecule has 0 amide bonds. The first kappa shape index (κ1) is 21.5. The van der Waals surface area contributed by atoms with E-state index in [2.05, 4.69) is 4.72 Å². The van der Waals surface area contributed by atoms with Crippen LogP contribution in [0.4, 0.5) is 5.69 Å². The zero-order chi connectivity index (χ0) is 20.9. The maximum absolute atomic E-state index is 12.4. The Morgan fingerprint density at radius 3 is 2.39 bits per heavy atom. The van der Waals surface area contributed by atoms with Gasteiger partial charge in [0.15, 0.2) is 5.78 Å². The molecule has 0 fully saturated rings. The number of sulfonamides is 1. The van der Waals surface area contributed by atoms with Gasteiger partial charge in [-0.3, -0.25) is 14.9 Å². The fourth-order valence-corrected chi connectivity index (χ4v) is 3.64. The number of carbonyl (C=O) groups is 1. The van der Waals surface area contributed by atoms with Gasteiger partial charge in [-0.15, -0.1) is 0 Å². The van der Waals surface area contributed by atoms with E-state index in [9.17, 15) is 23.3 Å². The molecule has 0 radical (unpaired) electrons. The second-order valence-electron chi connectivity index (χ2n) is 6.05. The molecule has 9 nitrogen and oxygen atoms in total. The molecule has 10 heteroatoms. The van der Waals surface area contributed by atoms with E-state index in [4.69, 9.17) is 9.47 Å². The van der Waals surface area contributed by atoms with E-state index in [1.165, 1.54) is 50.4 Å². The van der Waals surface area contributed by atoms with Crippen LogP contribution < -0.4 is 9.46 Å². The van der Waals surface area contributed by atoms with Gasteiger partial charge in [-0.05, 0) is 50.2 Å². The van der Waals surface area contributed by atoms with Crippen molar-refractivity contribution in [2.45, 2.75) is 24.8 Å². The minimum absolute atomic E-state index is 0.121. The third-order valence-electron chi connectivity index (χ3n) is 3.70. The van der Waals surface area contributed by atoms with Crippen molar-refractivity contribution in [2.24, 2.45) is 0 Å². The molecule has 1 atom stereocenters. The third kappa shape index (κ3) is 5.35. The molecule has 1 N–H and O–H groups in total. The number of ketones is 1. The molecule has 0 saturated heterocycles. The van der Waals surface area contributed by atoms with E-state index in [-0.39, 0.29) is 28.8 Å². The Balaban J connectivity index is 2.32. The Morgan fingerprint density at radius 2 is 1.86 bits per heavy atom. The van der Waals surface area contributed by atoms with Crippen molar-refractivity contribution >= 4 is 21.5 Å². The number of ether oxygens (including phenoxy) is 2. The monoisotopic (exact) mass is 408 g/mol. The molecule has 2 rings (SSSR count). The lowest BCUT2D eigenvalue weighted by Gasteiger charge is -2.14. The first-order valence-corrected chi connectivity index (χ1v) is 9.71. The fraction of sp³-hybridized carbons (Fsp3) is 0.278. The van der Waals surface area contributed by atoms with Gasteiger partial charge >= 0.3 is 5.69 Å². The number of nitro groups is 1. The van der Waals surface area contributed by atoms with E-state index >= 15 is 0 Å². The summed E-state index contributed by atoms with van der Waals surface area (Å²) in [6, 6.07) is 8.91. The largest absolute Gasteiger partial charge is 0.450 e. The number of Topliss-reactive ketones (excluding diaryl/α,β-unsaturated/α-hetero) is 1. The van der Waals surface area contributed by atoms with Crippen LogP contribution >= 0.6 is 0 Å². The van der Waals surface area contributed by atoms with Crippen molar-refractivity contribution in [2.75, 3.05) is 13.7 Å². The van der Waals surface area contributed by atoms with Gasteiger partial charge in [0.25, 0.3) is 0 Å².